The van der Waals surface area contributed by atoms with Gasteiger partial charge in [0.1, 0.15) is 11.5 Å². The molecule has 0 radical (unpaired) electrons. The lowest BCUT2D eigenvalue weighted by atomic mass is 10.2. The molecule has 1 aromatic heterocycles. The number of carbonyl (C=O) groups is 2. The molecule has 2 amide bonds. The van der Waals surface area contributed by atoms with Crippen LogP contribution in [0.15, 0.2) is 40.8 Å². The third-order valence-electron chi connectivity index (χ3n) is 3.41. The number of anilines is 1. The standard InChI is InChI=1S/C18H22N2O3S/c1-13-4-7-15(8-5-13)19-17(21)11-24-12-18(22)20(3)10-16-9-6-14(2)23-16/h4-9H,10-12H2,1-3H3,(H,19,21). The van der Waals surface area contributed by atoms with E-state index in [1.54, 1.807) is 11.9 Å². The molecule has 2 rings (SSSR count). The molecular weight excluding hydrogens is 324 g/mol. The lowest BCUT2D eigenvalue weighted by Gasteiger charge is -2.15. The van der Waals surface area contributed by atoms with Crippen LogP contribution < -0.4 is 5.32 Å². The molecule has 0 spiro atoms. The first-order valence-corrected chi connectivity index (χ1v) is 8.83. The van der Waals surface area contributed by atoms with Crippen LogP contribution >= 0.6 is 11.8 Å². The molecule has 1 N–H and O–H groups in total. The van der Waals surface area contributed by atoms with Crippen LogP contribution in [-0.2, 0) is 16.1 Å². The molecule has 0 aliphatic carbocycles. The number of carbonyl (C=O) groups excluding carboxylic acids is 2. The molecular formula is C18H22N2O3S. The van der Waals surface area contributed by atoms with Crippen molar-refractivity contribution in [2.75, 3.05) is 23.9 Å². The van der Waals surface area contributed by atoms with Crippen LogP contribution in [0.25, 0.3) is 0 Å². The minimum atomic E-state index is -0.110. The van der Waals surface area contributed by atoms with Gasteiger partial charge >= 0.3 is 0 Å². The second-order valence-corrected chi connectivity index (χ2v) is 6.65. The van der Waals surface area contributed by atoms with Crippen LogP contribution in [0.3, 0.4) is 0 Å². The van der Waals surface area contributed by atoms with Gasteiger partial charge < -0.3 is 14.6 Å². The molecule has 0 aliphatic rings. The van der Waals surface area contributed by atoms with E-state index in [2.05, 4.69) is 5.32 Å². The van der Waals surface area contributed by atoms with Crippen LogP contribution in [0.4, 0.5) is 5.69 Å². The fourth-order valence-corrected chi connectivity index (χ4v) is 2.82. The summed E-state index contributed by atoms with van der Waals surface area (Å²) in [6.45, 7) is 4.30. The average Bonchev–Trinajstić information content (AvgIpc) is 2.94. The average molecular weight is 346 g/mol. The number of nitrogens with one attached hydrogen (secondary N) is 1. The van der Waals surface area contributed by atoms with Crippen LogP contribution in [0, 0.1) is 13.8 Å². The Balaban J connectivity index is 1.69. The topological polar surface area (TPSA) is 62.6 Å². The molecule has 0 fully saturated rings. The van der Waals surface area contributed by atoms with Gasteiger partial charge in [0.2, 0.25) is 11.8 Å². The summed E-state index contributed by atoms with van der Waals surface area (Å²) in [5.41, 5.74) is 1.91. The predicted octanol–water partition coefficient (Wildman–Crippen LogP) is 3.23. The number of hydrogen-bond donors (Lipinski definition) is 1. The minimum Gasteiger partial charge on any atom is -0.464 e. The summed E-state index contributed by atoms with van der Waals surface area (Å²) >= 11 is 1.30. The Bertz CT molecular complexity index is 695. The van der Waals surface area contributed by atoms with E-state index in [0.29, 0.717) is 6.54 Å². The van der Waals surface area contributed by atoms with E-state index >= 15 is 0 Å². The number of thioether (sulfide) groups is 1. The molecule has 128 valence electrons. The number of aryl methyl sites for hydroxylation is 2. The number of rotatable bonds is 7. The van der Waals surface area contributed by atoms with E-state index in [4.69, 9.17) is 4.42 Å². The molecule has 24 heavy (non-hydrogen) atoms. The van der Waals surface area contributed by atoms with Crippen molar-refractivity contribution in [3.63, 3.8) is 0 Å². The van der Waals surface area contributed by atoms with E-state index in [9.17, 15) is 9.59 Å². The second-order valence-electron chi connectivity index (χ2n) is 5.67. The SMILES string of the molecule is Cc1ccc(NC(=O)CSCC(=O)N(C)Cc2ccc(C)o2)cc1. The van der Waals surface area contributed by atoms with Gasteiger partial charge in [-0.05, 0) is 38.1 Å². The summed E-state index contributed by atoms with van der Waals surface area (Å²) < 4.78 is 5.46. The number of benzene rings is 1. The highest BCUT2D eigenvalue weighted by Crippen LogP contribution is 2.12. The molecule has 0 saturated carbocycles. The Morgan fingerprint density at radius 1 is 1.08 bits per heavy atom. The van der Waals surface area contributed by atoms with Crippen molar-refractivity contribution in [3.8, 4) is 0 Å². The molecule has 5 nitrogen and oxygen atoms in total. The smallest absolute Gasteiger partial charge is 0.234 e. The largest absolute Gasteiger partial charge is 0.464 e. The van der Waals surface area contributed by atoms with Crippen molar-refractivity contribution in [2.45, 2.75) is 20.4 Å². The van der Waals surface area contributed by atoms with Crippen molar-refractivity contribution >= 4 is 29.3 Å². The van der Waals surface area contributed by atoms with Gasteiger partial charge in [-0.1, -0.05) is 17.7 Å². The molecule has 2 aromatic rings. The van der Waals surface area contributed by atoms with Gasteiger partial charge in [0, 0.05) is 12.7 Å². The van der Waals surface area contributed by atoms with E-state index < -0.39 is 0 Å². The Labute approximate surface area is 146 Å². The zero-order valence-electron chi connectivity index (χ0n) is 14.2. The third kappa shape index (κ3) is 5.77. The second kappa shape index (κ2) is 8.59. The van der Waals surface area contributed by atoms with Crippen LogP contribution in [0.1, 0.15) is 17.1 Å². The van der Waals surface area contributed by atoms with E-state index in [1.807, 2.05) is 50.2 Å². The zero-order chi connectivity index (χ0) is 17.5. The molecule has 0 saturated heterocycles. The van der Waals surface area contributed by atoms with Gasteiger partial charge in [-0.3, -0.25) is 9.59 Å². The molecule has 0 bridgehead atoms. The summed E-state index contributed by atoms with van der Waals surface area (Å²) in [5.74, 6) is 1.95. The molecule has 0 unspecified atom stereocenters. The zero-order valence-corrected chi connectivity index (χ0v) is 15.0. The maximum Gasteiger partial charge on any atom is 0.234 e. The predicted molar refractivity (Wildman–Crippen MR) is 97.1 cm³/mol. The maximum absolute atomic E-state index is 12.1. The fourth-order valence-electron chi connectivity index (χ4n) is 2.07. The molecule has 6 heteroatoms. The van der Waals surface area contributed by atoms with Gasteiger partial charge in [0.25, 0.3) is 0 Å². The third-order valence-corrected chi connectivity index (χ3v) is 4.33. The number of furan rings is 1. The first-order chi connectivity index (χ1) is 11.4. The van der Waals surface area contributed by atoms with E-state index in [0.717, 1.165) is 22.8 Å². The van der Waals surface area contributed by atoms with E-state index in [-0.39, 0.29) is 23.3 Å². The normalized spacial score (nSPS) is 10.5. The van der Waals surface area contributed by atoms with Crippen LogP contribution in [0.5, 0.6) is 0 Å². The highest BCUT2D eigenvalue weighted by molar-refractivity contribution is 8.00. The Kier molecular flexibility index (Phi) is 6.49. The first-order valence-electron chi connectivity index (χ1n) is 7.67. The summed E-state index contributed by atoms with van der Waals surface area (Å²) in [4.78, 5) is 25.5. The van der Waals surface area contributed by atoms with Crippen molar-refractivity contribution in [3.05, 3.63) is 53.5 Å². The summed E-state index contributed by atoms with van der Waals surface area (Å²) in [6, 6.07) is 11.3. The number of amides is 2. The molecule has 0 aliphatic heterocycles. The maximum atomic E-state index is 12.1. The summed E-state index contributed by atoms with van der Waals surface area (Å²) in [7, 11) is 1.73. The van der Waals surface area contributed by atoms with Crippen molar-refractivity contribution < 1.29 is 14.0 Å². The number of hydrogen-bond acceptors (Lipinski definition) is 4. The van der Waals surface area contributed by atoms with Crippen molar-refractivity contribution in [1.82, 2.24) is 4.90 Å². The number of nitrogens with zero attached hydrogens (tertiary/aromatic N) is 1. The first kappa shape index (κ1) is 18.1. The Morgan fingerprint density at radius 2 is 1.79 bits per heavy atom. The van der Waals surface area contributed by atoms with Crippen molar-refractivity contribution in [2.24, 2.45) is 0 Å². The quantitative estimate of drug-likeness (QED) is 0.836. The molecule has 1 aromatic carbocycles. The van der Waals surface area contributed by atoms with Gasteiger partial charge in [-0.2, -0.15) is 0 Å². The molecule has 1 heterocycles. The lowest BCUT2D eigenvalue weighted by Crippen LogP contribution is -2.28. The van der Waals surface area contributed by atoms with Gasteiger partial charge in [-0.15, -0.1) is 11.8 Å². The van der Waals surface area contributed by atoms with Gasteiger partial charge in [-0.25, -0.2) is 0 Å². The monoisotopic (exact) mass is 346 g/mol. The summed E-state index contributed by atoms with van der Waals surface area (Å²) in [5, 5.41) is 2.82. The fraction of sp³-hybridized carbons (Fsp3) is 0.333. The van der Waals surface area contributed by atoms with Gasteiger partial charge in [0.15, 0.2) is 0 Å². The Hall–Kier alpha value is -2.21. The summed E-state index contributed by atoms with van der Waals surface area (Å²) in [6.07, 6.45) is 0. The van der Waals surface area contributed by atoms with Crippen LogP contribution in [-0.4, -0.2) is 35.3 Å². The van der Waals surface area contributed by atoms with Gasteiger partial charge in [0.05, 0.1) is 18.1 Å². The Morgan fingerprint density at radius 3 is 2.42 bits per heavy atom. The van der Waals surface area contributed by atoms with Crippen molar-refractivity contribution in [1.29, 1.82) is 0 Å². The highest BCUT2D eigenvalue weighted by Gasteiger charge is 2.12. The van der Waals surface area contributed by atoms with Crippen LogP contribution in [0.2, 0.25) is 0 Å². The lowest BCUT2D eigenvalue weighted by molar-refractivity contribution is -0.127. The highest BCUT2D eigenvalue weighted by atomic mass is 32.2. The minimum absolute atomic E-state index is 0.0304. The van der Waals surface area contributed by atoms with E-state index in [1.165, 1.54) is 11.8 Å². The molecule has 0 atom stereocenters.